The molecule has 1 N–H and O–H groups in total. The number of esters is 1. The lowest BCUT2D eigenvalue weighted by Gasteiger charge is -2.23. The first kappa shape index (κ1) is 15.4. The van der Waals surface area contributed by atoms with E-state index < -0.39 is 12.3 Å². The molecule has 1 aliphatic heterocycles. The number of rotatable bonds is 6. The Bertz CT molecular complexity index is 278. The minimum absolute atomic E-state index is 0.0215. The molecule has 1 fully saturated rings. The van der Waals surface area contributed by atoms with Crippen molar-refractivity contribution in [1.29, 1.82) is 0 Å². The number of carbonyl (C=O) groups is 1. The van der Waals surface area contributed by atoms with Gasteiger partial charge in [0.15, 0.2) is 0 Å². The maximum atomic E-state index is 14.1. The zero-order valence-corrected chi connectivity index (χ0v) is 11.7. The Kier molecular flexibility index (Phi) is 5.57. The highest BCUT2D eigenvalue weighted by Crippen LogP contribution is 2.32. The van der Waals surface area contributed by atoms with Crippen LogP contribution in [0, 0.1) is 23.7 Å². The SMILES string of the molecule is CC(C)[C@@H](CO)C[C@H](F)[C@@H]1C[C@@H](C(C)C)C(=O)O1. The molecule has 0 aromatic rings. The predicted molar refractivity (Wildman–Crippen MR) is 67.8 cm³/mol. The van der Waals surface area contributed by atoms with Crippen molar-refractivity contribution >= 4 is 5.97 Å². The Hall–Kier alpha value is -0.640. The topological polar surface area (TPSA) is 46.5 Å². The van der Waals surface area contributed by atoms with Gasteiger partial charge in [0.25, 0.3) is 0 Å². The van der Waals surface area contributed by atoms with Crippen LogP contribution in [0.5, 0.6) is 0 Å². The molecule has 1 heterocycles. The number of alkyl halides is 1. The lowest BCUT2D eigenvalue weighted by molar-refractivity contribution is -0.147. The predicted octanol–water partition coefficient (Wildman–Crippen LogP) is 2.57. The van der Waals surface area contributed by atoms with Crippen molar-refractivity contribution in [1.82, 2.24) is 0 Å². The van der Waals surface area contributed by atoms with E-state index in [-0.39, 0.29) is 42.7 Å². The normalized spacial score (nSPS) is 27.7. The van der Waals surface area contributed by atoms with Crippen LogP contribution in [-0.2, 0) is 9.53 Å². The zero-order chi connectivity index (χ0) is 13.9. The molecule has 1 aliphatic rings. The van der Waals surface area contributed by atoms with Crippen molar-refractivity contribution in [2.45, 2.75) is 52.8 Å². The summed E-state index contributed by atoms with van der Waals surface area (Å²) < 4.78 is 19.3. The van der Waals surface area contributed by atoms with E-state index in [1.165, 1.54) is 0 Å². The smallest absolute Gasteiger partial charge is 0.309 e. The summed E-state index contributed by atoms with van der Waals surface area (Å²) in [5.74, 6) is -0.112. The number of hydrogen-bond donors (Lipinski definition) is 1. The van der Waals surface area contributed by atoms with E-state index in [9.17, 15) is 14.3 Å². The molecule has 3 nitrogen and oxygen atoms in total. The van der Waals surface area contributed by atoms with Crippen LogP contribution in [0.3, 0.4) is 0 Å². The first-order valence-electron chi connectivity index (χ1n) is 6.82. The number of aliphatic hydroxyl groups is 1. The summed E-state index contributed by atoms with van der Waals surface area (Å²) in [5, 5.41) is 9.21. The van der Waals surface area contributed by atoms with Gasteiger partial charge in [-0.3, -0.25) is 4.79 Å². The first-order chi connectivity index (χ1) is 8.36. The van der Waals surface area contributed by atoms with Crippen molar-refractivity contribution in [3.05, 3.63) is 0 Å². The molecule has 18 heavy (non-hydrogen) atoms. The van der Waals surface area contributed by atoms with Gasteiger partial charge in [0.05, 0.1) is 5.92 Å². The number of carbonyl (C=O) groups excluding carboxylic acids is 1. The summed E-state index contributed by atoms with van der Waals surface area (Å²) >= 11 is 0. The minimum atomic E-state index is -1.17. The van der Waals surface area contributed by atoms with Gasteiger partial charge in [0.1, 0.15) is 12.3 Å². The number of halogens is 1. The number of ether oxygens (including phenoxy) is 1. The third-order valence-electron chi connectivity index (χ3n) is 3.97. The highest BCUT2D eigenvalue weighted by Gasteiger charge is 2.41. The van der Waals surface area contributed by atoms with Crippen molar-refractivity contribution in [3.63, 3.8) is 0 Å². The molecule has 1 rings (SSSR count). The molecule has 0 aliphatic carbocycles. The Balaban J connectivity index is 2.53. The third-order valence-corrected chi connectivity index (χ3v) is 3.97. The maximum absolute atomic E-state index is 14.1. The van der Waals surface area contributed by atoms with Crippen LogP contribution < -0.4 is 0 Å². The van der Waals surface area contributed by atoms with Gasteiger partial charge in [-0.15, -0.1) is 0 Å². The van der Waals surface area contributed by atoms with E-state index in [0.717, 1.165) is 0 Å². The van der Waals surface area contributed by atoms with Crippen molar-refractivity contribution in [2.24, 2.45) is 23.7 Å². The number of cyclic esters (lactones) is 1. The van der Waals surface area contributed by atoms with Gasteiger partial charge in [-0.05, 0) is 24.2 Å². The Morgan fingerprint density at radius 2 is 2.00 bits per heavy atom. The van der Waals surface area contributed by atoms with Crippen LogP contribution in [-0.4, -0.2) is 30.0 Å². The summed E-state index contributed by atoms with van der Waals surface area (Å²) in [6.07, 6.45) is -1.07. The van der Waals surface area contributed by atoms with Crippen LogP contribution in [0.2, 0.25) is 0 Å². The Labute approximate surface area is 109 Å². The quantitative estimate of drug-likeness (QED) is 0.747. The summed E-state index contributed by atoms with van der Waals surface area (Å²) in [6.45, 7) is 7.81. The van der Waals surface area contributed by atoms with Gasteiger partial charge >= 0.3 is 5.97 Å². The van der Waals surface area contributed by atoms with Crippen LogP contribution in [0.4, 0.5) is 4.39 Å². The van der Waals surface area contributed by atoms with Gasteiger partial charge in [0.2, 0.25) is 0 Å². The average molecular weight is 260 g/mol. The van der Waals surface area contributed by atoms with Crippen molar-refractivity contribution in [2.75, 3.05) is 6.61 Å². The zero-order valence-electron chi connectivity index (χ0n) is 11.7. The molecule has 0 amide bonds. The van der Waals surface area contributed by atoms with Gasteiger partial charge in [0, 0.05) is 13.0 Å². The molecular formula is C14H25FO3. The van der Waals surface area contributed by atoms with E-state index in [2.05, 4.69) is 0 Å². The second-order valence-corrected chi connectivity index (χ2v) is 6.00. The van der Waals surface area contributed by atoms with E-state index in [1.54, 1.807) is 0 Å². The van der Waals surface area contributed by atoms with Crippen molar-refractivity contribution in [3.8, 4) is 0 Å². The fourth-order valence-corrected chi connectivity index (χ4v) is 2.40. The second-order valence-electron chi connectivity index (χ2n) is 6.00. The standard InChI is InChI=1S/C14H25FO3/c1-8(2)10(7-16)5-12(15)13-6-11(9(3)4)14(17)18-13/h8-13,16H,5-7H2,1-4H3/t10-,11+,12+,13+/m1/s1. The summed E-state index contributed by atoms with van der Waals surface area (Å²) in [4.78, 5) is 11.6. The summed E-state index contributed by atoms with van der Waals surface area (Å²) in [7, 11) is 0. The summed E-state index contributed by atoms with van der Waals surface area (Å²) in [5.41, 5.74) is 0. The largest absolute Gasteiger partial charge is 0.459 e. The molecule has 1 saturated heterocycles. The van der Waals surface area contributed by atoms with Crippen molar-refractivity contribution < 1.29 is 19.0 Å². The molecule has 0 aromatic carbocycles. The maximum Gasteiger partial charge on any atom is 0.309 e. The molecule has 0 bridgehead atoms. The second kappa shape index (κ2) is 6.50. The first-order valence-corrected chi connectivity index (χ1v) is 6.82. The highest BCUT2D eigenvalue weighted by atomic mass is 19.1. The average Bonchev–Trinajstić information content (AvgIpc) is 2.67. The highest BCUT2D eigenvalue weighted by molar-refractivity contribution is 5.75. The molecule has 0 spiro atoms. The van der Waals surface area contributed by atoms with Crippen LogP contribution in [0.25, 0.3) is 0 Å². The van der Waals surface area contributed by atoms with Crippen LogP contribution in [0.1, 0.15) is 40.5 Å². The van der Waals surface area contributed by atoms with E-state index in [0.29, 0.717) is 6.42 Å². The van der Waals surface area contributed by atoms with E-state index in [4.69, 9.17) is 4.74 Å². The molecule has 4 heteroatoms. The third kappa shape index (κ3) is 3.67. The molecule has 106 valence electrons. The Morgan fingerprint density at radius 3 is 2.39 bits per heavy atom. The van der Waals surface area contributed by atoms with Gasteiger partial charge in [-0.2, -0.15) is 0 Å². The molecule has 0 aromatic heterocycles. The van der Waals surface area contributed by atoms with Crippen LogP contribution in [0.15, 0.2) is 0 Å². The van der Waals surface area contributed by atoms with E-state index >= 15 is 0 Å². The van der Waals surface area contributed by atoms with Gasteiger partial charge in [-0.25, -0.2) is 4.39 Å². The molecule has 4 atom stereocenters. The molecule has 0 radical (unpaired) electrons. The lowest BCUT2D eigenvalue weighted by Crippen LogP contribution is -2.27. The monoisotopic (exact) mass is 260 g/mol. The minimum Gasteiger partial charge on any atom is -0.459 e. The lowest BCUT2D eigenvalue weighted by atomic mass is 9.87. The molecule has 0 saturated carbocycles. The number of aliphatic hydroxyl groups excluding tert-OH is 1. The summed E-state index contributed by atoms with van der Waals surface area (Å²) in [6, 6.07) is 0. The van der Waals surface area contributed by atoms with Gasteiger partial charge in [-0.1, -0.05) is 27.7 Å². The molecular weight excluding hydrogens is 235 g/mol. The fraction of sp³-hybridized carbons (Fsp3) is 0.929. The van der Waals surface area contributed by atoms with Gasteiger partial charge < -0.3 is 9.84 Å². The fourth-order valence-electron chi connectivity index (χ4n) is 2.40. The van der Waals surface area contributed by atoms with E-state index in [1.807, 2.05) is 27.7 Å². The number of hydrogen-bond acceptors (Lipinski definition) is 3. The molecule has 0 unspecified atom stereocenters. The van der Waals surface area contributed by atoms with Crippen LogP contribution >= 0.6 is 0 Å². The Morgan fingerprint density at radius 1 is 1.39 bits per heavy atom.